The standard InChI is InChI=1S/C30H36O7/c1-10-14-20-23(34-8)21(17-18-22(31)19-15-12-11-13-16-19)24(35-9)26(37-28(33)30(5,6)7)25(20)36-27(32)29(2,3)4/h10-13,15-18H,1,14H2,2-9H3. The van der Waals surface area contributed by atoms with E-state index in [4.69, 9.17) is 18.9 Å². The van der Waals surface area contributed by atoms with Crippen LogP contribution in [0.25, 0.3) is 6.08 Å². The van der Waals surface area contributed by atoms with Gasteiger partial charge in [0.2, 0.25) is 5.75 Å². The monoisotopic (exact) mass is 508 g/mol. The summed E-state index contributed by atoms with van der Waals surface area (Å²) >= 11 is 0. The van der Waals surface area contributed by atoms with E-state index < -0.39 is 22.8 Å². The van der Waals surface area contributed by atoms with E-state index >= 15 is 0 Å². The van der Waals surface area contributed by atoms with E-state index in [1.165, 1.54) is 26.4 Å². The molecule has 2 rings (SSSR count). The van der Waals surface area contributed by atoms with Gasteiger partial charge in [0.25, 0.3) is 0 Å². The fraction of sp³-hybridized carbons (Fsp3) is 0.367. The molecule has 0 radical (unpaired) electrons. The van der Waals surface area contributed by atoms with Gasteiger partial charge in [0, 0.05) is 11.1 Å². The molecule has 0 unspecified atom stereocenters. The predicted molar refractivity (Wildman–Crippen MR) is 143 cm³/mol. The summed E-state index contributed by atoms with van der Waals surface area (Å²) in [7, 11) is 2.84. The third kappa shape index (κ3) is 7.09. The van der Waals surface area contributed by atoms with Crippen LogP contribution in [0.15, 0.2) is 49.1 Å². The van der Waals surface area contributed by atoms with E-state index in [9.17, 15) is 14.4 Å². The maximum Gasteiger partial charge on any atom is 0.316 e. The van der Waals surface area contributed by atoms with Crippen LogP contribution in [-0.4, -0.2) is 31.9 Å². The number of ketones is 1. The number of methoxy groups -OCH3 is 2. The van der Waals surface area contributed by atoms with Crippen LogP contribution in [0.3, 0.4) is 0 Å². The molecule has 0 spiro atoms. The van der Waals surface area contributed by atoms with Crippen molar-refractivity contribution in [3.8, 4) is 23.0 Å². The summed E-state index contributed by atoms with van der Waals surface area (Å²) in [6.07, 6.45) is 4.73. The van der Waals surface area contributed by atoms with Crippen molar-refractivity contribution in [2.24, 2.45) is 10.8 Å². The molecular formula is C30H36O7. The van der Waals surface area contributed by atoms with Gasteiger partial charge in [0.15, 0.2) is 17.3 Å². The Labute approximate surface area is 219 Å². The Hall–Kier alpha value is -3.87. The average Bonchev–Trinajstić information content (AvgIpc) is 2.83. The third-order valence-electron chi connectivity index (χ3n) is 5.28. The lowest BCUT2D eigenvalue weighted by Crippen LogP contribution is -2.28. The van der Waals surface area contributed by atoms with Gasteiger partial charge < -0.3 is 18.9 Å². The number of carbonyl (C=O) groups excluding carboxylic acids is 3. The summed E-state index contributed by atoms with van der Waals surface area (Å²) in [6.45, 7) is 14.1. The fourth-order valence-electron chi connectivity index (χ4n) is 3.20. The minimum Gasteiger partial charge on any atom is -0.496 e. The van der Waals surface area contributed by atoms with Crippen LogP contribution < -0.4 is 18.9 Å². The topological polar surface area (TPSA) is 88.1 Å². The number of carbonyl (C=O) groups is 3. The second-order valence-electron chi connectivity index (χ2n) is 10.5. The fourth-order valence-corrected chi connectivity index (χ4v) is 3.20. The van der Waals surface area contributed by atoms with Crippen LogP contribution in [0.5, 0.6) is 23.0 Å². The number of allylic oxidation sites excluding steroid dienone is 2. The number of hydrogen-bond acceptors (Lipinski definition) is 7. The van der Waals surface area contributed by atoms with Crippen molar-refractivity contribution in [3.63, 3.8) is 0 Å². The van der Waals surface area contributed by atoms with Crippen LogP contribution in [-0.2, 0) is 16.0 Å². The lowest BCUT2D eigenvalue weighted by molar-refractivity contribution is -0.145. The normalized spacial score (nSPS) is 11.7. The molecule has 0 aromatic heterocycles. The molecule has 0 saturated heterocycles. The minimum atomic E-state index is -0.867. The molecular weight excluding hydrogens is 472 g/mol. The van der Waals surface area contributed by atoms with Crippen molar-refractivity contribution in [1.82, 2.24) is 0 Å². The first-order chi connectivity index (χ1) is 17.3. The highest BCUT2D eigenvalue weighted by Gasteiger charge is 2.34. The van der Waals surface area contributed by atoms with Crippen molar-refractivity contribution in [2.45, 2.75) is 48.0 Å². The van der Waals surface area contributed by atoms with Crippen LogP contribution >= 0.6 is 0 Å². The Morgan fingerprint density at radius 3 is 1.76 bits per heavy atom. The van der Waals surface area contributed by atoms with Crippen molar-refractivity contribution in [1.29, 1.82) is 0 Å². The molecule has 0 aliphatic carbocycles. The van der Waals surface area contributed by atoms with Gasteiger partial charge in [0.1, 0.15) is 5.75 Å². The maximum absolute atomic E-state index is 13.0. The van der Waals surface area contributed by atoms with Crippen molar-refractivity contribution in [3.05, 3.63) is 65.8 Å². The Morgan fingerprint density at radius 2 is 1.30 bits per heavy atom. The zero-order valence-corrected chi connectivity index (χ0v) is 22.9. The Bertz CT molecular complexity index is 1190. The Balaban J connectivity index is 2.88. The molecule has 0 N–H and O–H groups in total. The summed E-state index contributed by atoms with van der Waals surface area (Å²) in [6, 6.07) is 8.77. The molecule has 2 aromatic carbocycles. The van der Waals surface area contributed by atoms with Gasteiger partial charge in [0.05, 0.1) is 30.6 Å². The first kappa shape index (κ1) is 29.4. The lowest BCUT2D eigenvalue weighted by Gasteiger charge is -2.26. The molecule has 0 amide bonds. The van der Waals surface area contributed by atoms with E-state index in [0.717, 1.165) is 0 Å². The van der Waals surface area contributed by atoms with Crippen molar-refractivity contribution in [2.75, 3.05) is 14.2 Å². The molecule has 2 aromatic rings. The molecule has 0 saturated carbocycles. The highest BCUT2D eigenvalue weighted by Crippen LogP contribution is 2.51. The second-order valence-corrected chi connectivity index (χ2v) is 10.5. The molecule has 0 aliphatic heterocycles. The average molecular weight is 509 g/mol. The van der Waals surface area contributed by atoms with E-state index in [0.29, 0.717) is 22.4 Å². The van der Waals surface area contributed by atoms with Crippen LogP contribution in [0.1, 0.15) is 63.0 Å². The number of esters is 2. The van der Waals surface area contributed by atoms with E-state index in [2.05, 4.69) is 6.58 Å². The molecule has 7 nitrogen and oxygen atoms in total. The molecule has 198 valence electrons. The summed E-state index contributed by atoms with van der Waals surface area (Å²) in [4.78, 5) is 38.7. The molecule has 0 fully saturated rings. The maximum atomic E-state index is 13.0. The van der Waals surface area contributed by atoms with E-state index in [1.54, 1.807) is 71.9 Å². The molecule has 7 heteroatoms. The van der Waals surface area contributed by atoms with Gasteiger partial charge in [-0.25, -0.2) is 0 Å². The van der Waals surface area contributed by atoms with Crippen LogP contribution in [0, 0.1) is 10.8 Å². The zero-order chi connectivity index (χ0) is 28.0. The highest BCUT2D eigenvalue weighted by molar-refractivity contribution is 6.07. The molecule has 37 heavy (non-hydrogen) atoms. The van der Waals surface area contributed by atoms with Crippen molar-refractivity contribution < 1.29 is 33.3 Å². The summed E-state index contributed by atoms with van der Waals surface area (Å²) < 4.78 is 23.0. The van der Waals surface area contributed by atoms with Gasteiger partial charge >= 0.3 is 11.9 Å². The number of ether oxygens (including phenoxy) is 4. The third-order valence-corrected chi connectivity index (χ3v) is 5.28. The summed E-state index contributed by atoms with van der Waals surface area (Å²) in [5, 5.41) is 0. The molecule has 0 atom stereocenters. The smallest absolute Gasteiger partial charge is 0.316 e. The highest BCUT2D eigenvalue weighted by atomic mass is 16.6. The SMILES string of the molecule is C=CCc1c(OC)c(C=CC(=O)c2ccccc2)c(OC)c(OC(=O)C(C)(C)C)c1OC(=O)C(C)(C)C. The van der Waals surface area contributed by atoms with Gasteiger partial charge in [-0.1, -0.05) is 36.4 Å². The predicted octanol–water partition coefficient (Wildman–Crippen LogP) is 6.23. The Kier molecular flexibility index (Phi) is 9.45. The number of benzene rings is 2. The van der Waals surface area contributed by atoms with E-state index in [1.807, 2.05) is 6.07 Å². The van der Waals surface area contributed by atoms with Gasteiger partial charge in [-0.05, 0) is 60.1 Å². The lowest BCUT2D eigenvalue weighted by atomic mass is 9.96. The molecule has 0 heterocycles. The zero-order valence-electron chi connectivity index (χ0n) is 22.9. The minimum absolute atomic E-state index is 0.00217. The van der Waals surface area contributed by atoms with Gasteiger partial charge in [-0.3, -0.25) is 14.4 Å². The number of rotatable bonds is 9. The first-order valence-corrected chi connectivity index (χ1v) is 11.9. The second kappa shape index (κ2) is 11.9. The quantitative estimate of drug-likeness (QED) is 0.130. The van der Waals surface area contributed by atoms with Gasteiger partial charge in [-0.15, -0.1) is 6.58 Å². The Morgan fingerprint density at radius 1 is 0.784 bits per heavy atom. The van der Waals surface area contributed by atoms with E-state index in [-0.39, 0.29) is 29.5 Å². The summed E-state index contributed by atoms with van der Waals surface area (Å²) in [5.74, 6) is -1.06. The molecule has 0 bridgehead atoms. The van der Waals surface area contributed by atoms with Crippen molar-refractivity contribution >= 4 is 23.8 Å². The first-order valence-electron chi connectivity index (χ1n) is 11.9. The summed E-state index contributed by atoms with van der Waals surface area (Å²) in [5.41, 5.74) is -0.456. The largest absolute Gasteiger partial charge is 0.496 e. The van der Waals surface area contributed by atoms with Crippen LogP contribution in [0.2, 0.25) is 0 Å². The van der Waals surface area contributed by atoms with Crippen LogP contribution in [0.4, 0.5) is 0 Å². The van der Waals surface area contributed by atoms with Gasteiger partial charge in [-0.2, -0.15) is 0 Å². The number of hydrogen-bond donors (Lipinski definition) is 0. The molecule has 0 aliphatic rings.